The summed E-state index contributed by atoms with van der Waals surface area (Å²) in [7, 11) is 1.79. The second-order valence-corrected chi connectivity index (χ2v) is 5.62. The Labute approximate surface area is 112 Å². The number of aliphatic carboxylic acids is 1. The molecule has 1 aromatic rings. The zero-order valence-electron chi connectivity index (χ0n) is 10.9. The highest BCUT2D eigenvalue weighted by atomic mass is 16.4. The maximum Gasteiger partial charge on any atom is 0.303 e. The number of carboxylic acids is 1. The molecule has 1 heterocycles. The van der Waals surface area contributed by atoms with Crippen LogP contribution < -0.4 is 0 Å². The first-order valence-electron chi connectivity index (χ1n) is 6.66. The van der Waals surface area contributed by atoms with Crippen molar-refractivity contribution in [2.75, 3.05) is 7.05 Å². The van der Waals surface area contributed by atoms with Gasteiger partial charge in [0.2, 0.25) is 0 Å². The van der Waals surface area contributed by atoms with Gasteiger partial charge in [0, 0.05) is 19.2 Å². The number of carbonyl (C=O) groups is 2. The third kappa shape index (κ3) is 2.23. The van der Waals surface area contributed by atoms with E-state index < -0.39 is 5.97 Å². The van der Waals surface area contributed by atoms with Crippen LogP contribution in [-0.4, -0.2) is 28.9 Å². The largest absolute Gasteiger partial charge is 0.481 e. The van der Waals surface area contributed by atoms with Gasteiger partial charge < -0.3 is 10.0 Å². The van der Waals surface area contributed by atoms with Gasteiger partial charge in [0.15, 0.2) is 0 Å². The normalized spacial score (nSPS) is 19.4. The zero-order chi connectivity index (χ0) is 13.6. The fraction of sp³-hybridized carbons (Fsp3) is 0.467. The SMILES string of the molecule is CN1Cc2ccc(C(CC(=O)O)C3CC3)cc2C1=O. The van der Waals surface area contributed by atoms with Crippen LogP contribution in [0.1, 0.15) is 46.7 Å². The summed E-state index contributed by atoms with van der Waals surface area (Å²) in [4.78, 5) is 24.7. The topological polar surface area (TPSA) is 57.6 Å². The molecule has 1 aromatic carbocycles. The number of nitrogens with zero attached hydrogens (tertiary/aromatic N) is 1. The summed E-state index contributed by atoms with van der Waals surface area (Å²) in [6.07, 6.45) is 2.36. The Bertz CT molecular complexity index is 548. The molecule has 0 aromatic heterocycles. The van der Waals surface area contributed by atoms with E-state index >= 15 is 0 Å². The zero-order valence-corrected chi connectivity index (χ0v) is 10.9. The van der Waals surface area contributed by atoms with Crippen LogP contribution in [0.2, 0.25) is 0 Å². The Morgan fingerprint density at radius 3 is 2.84 bits per heavy atom. The maximum atomic E-state index is 12.0. The van der Waals surface area contributed by atoms with Crippen molar-refractivity contribution >= 4 is 11.9 Å². The molecule has 3 rings (SSSR count). The Kier molecular flexibility index (Phi) is 2.81. The van der Waals surface area contributed by atoms with Crippen molar-refractivity contribution in [3.63, 3.8) is 0 Å². The molecule has 0 saturated heterocycles. The lowest BCUT2D eigenvalue weighted by molar-refractivity contribution is -0.137. The van der Waals surface area contributed by atoms with Crippen LogP contribution in [0.15, 0.2) is 18.2 Å². The van der Waals surface area contributed by atoms with Gasteiger partial charge in [-0.3, -0.25) is 9.59 Å². The number of carboxylic acid groups (broad SMARTS) is 1. The van der Waals surface area contributed by atoms with E-state index in [2.05, 4.69) is 0 Å². The van der Waals surface area contributed by atoms with Crippen molar-refractivity contribution in [1.29, 1.82) is 0 Å². The van der Waals surface area contributed by atoms with E-state index in [4.69, 9.17) is 5.11 Å². The molecule has 4 nitrogen and oxygen atoms in total. The first kappa shape index (κ1) is 12.2. The van der Waals surface area contributed by atoms with Gasteiger partial charge in [-0.1, -0.05) is 12.1 Å². The number of amides is 1. The number of fused-ring (bicyclic) bond motifs is 1. The quantitative estimate of drug-likeness (QED) is 0.902. The summed E-state index contributed by atoms with van der Waals surface area (Å²) >= 11 is 0. The first-order valence-corrected chi connectivity index (χ1v) is 6.66. The Hall–Kier alpha value is -1.84. The summed E-state index contributed by atoms with van der Waals surface area (Å²) in [5.74, 6) is -0.188. The molecule has 0 radical (unpaired) electrons. The average molecular weight is 259 g/mol. The van der Waals surface area contributed by atoms with Crippen LogP contribution in [0.4, 0.5) is 0 Å². The van der Waals surface area contributed by atoms with E-state index in [1.165, 1.54) is 0 Å². The van der Waals surface area contributed by atoms with Crippen molar-refractivity contribution in [2.24, 2.45) is 5.92 Å². The number of carbonyl (C=O) groups excluding carboxylic acids is 1. The molecule has 1 amide bonds. The van der Waals surface area contributed by atoms with Gasteiger partial charge in [-0.15, -0.1) is 0 Å². The first-order chi connectivity index (χ1) is 9.06. The van der Waals surface area contributed by atoms with Gasteiger partial charge in [-0.25, -0.2) is 0 Å². The Morgan fingerprint density at radius 2 is 2.21 bits per heavy atom. The van der Waals surface area contributed by atoms with Crippen LogP contribution in [0.25, 0.3) is 0 Å². The lowest BCUT2D eigenvalue weighted by atomic mass is 9.89. The van der Waals surface area contributed by atoms with E-state index in [1.54, 1.807) is 11.9 Å². The monoisotopic (exact) mass is 259 g/mol. The van der Waals surface area contributed by atoms with Gasteiger partial charge in [-0.2, -0.15) is 0 Å². The molecule has 1 N–H and O–H groups in total. The molecule has 1 fully saturated rings. The predicted molar refractivity (Wildman–Crippen MR) is 70.0 cm³/mol. The van der Waals surface area contributed by atoms with Gasteiger partial charge >= 0.3 is 5.97 Å². The maximum absolute atomic E-state index is 12.0. The molecule has 19 heavy (non-hydrogen) atoms. The minimum absolute atomic E-state index is 0.0433. The third-order valence-corrected chi connectivity index (χ3v) is 4.13. The van der Waals surface area contributed by atoms with E-state index in [0.717, 1.165) is 29.5 Å². The summed E-state index contributed by atoms with van der Waals surface area (Å²) in [6.45, 7) is 0.654. The Morgan fingerprint density at radius 1 is 1.47 bits per heavy atom. The lowest BCUT2D eigenvalue weighted by Gasteiger charge is -2.15. The number of hydrogen-bond donors (Lipinski definition) is 1. The summed E-state index contributed by atoms with van der Waals surface area (Å²) in [6, 6.07) is 5.88. The van der Waals surface area contributed by atoms with E-state index in [9.17, 15) is 9.59 Å². The van der Waals surface area contributed by atoms with Crippen LogP contribution in [0.3, 0.4) is 0 Å². The number of rotatable bonds is 4. The molecule has 0 bridgehead atoms. The van der Waals surface area contributed by atoms with Crippen molar-refractivity contribution in [3.05, 3.63) is 34.9 Å². The molecule has 0 spiro atoms. The fourth-order valence-electron chi connectivity index (χ4n) is 2.94. The van der Waals surface area contributed by atoms with Gasteiger partial charge in [-0.05, 0) is 41.9 Å². The molecule has 1 atom stereocenters. The van der Waals surface area contributed by atoms with E-state index in [0.29, 0.717) is 12.5 Å². The predicted octanol–water partition coefficient (Wildman–Crippen LogP) is 2.24. The van der Waals surface area contributed by atoms with Crippen molar-refractivity contribution < 1.29 is 14.7 Å². The van der Waals surface area contributed by atoms with Crippen LogP contribution in [0.5, 0.6) is 0 Å². The molecule has 1 aliphatic heterocycles. The standard InChI is InChI=1S/C15H17NO3/c1-16-8-11-5-4-10(6-13(11)15(16)19)12(7-14(17)18)9-2-3-9/h4-6,9,12H,2-3,7-8H2,1H3,(H,17,18). The smallest absolute Gasteiger partial charge is 0.303 e. The molecule has 1 aliphatic carbocycles. The van der Waals surface area contributed by atoms with Crippen LogP contribution in [0, 0.1) is 5.92 Å². The highest BCUT2D eigenvalue weighted by molar-refractivity contribution is 5.98. The van der Waals surface area contributed by atoms with Crippen LogP contribution in [-0.2, 0) is 11.3 Å². The van der Waals surface area contributed by atoms with Crippen LogP contribution >= 0.6 is 0 Å². The Balaban J connectivity index is 1.93. The summed E-state index contributed by atoms with van der Waals surface area (Å²) in [5, 5.41) is 9.03. The molecular weight excluding hydrogens is 242 g/mol. The second kappa shape index (κ2) is 4.37. The minimum atomic E-state index is -0.763. The van der Waals surface area contributed by atoms with Gasteiger partial charge in [0.1, 0.15) is 0 Å². The van der Waals surface area contributed by atoms with Gasteiger partial charge in [0.25, 0.3) is 5.91 Å². The third-order valence-electron chi connectivity index (χ3n) is 4.13. The molecule has 4 heteroatoms. The lowest BCUT2D eigenvalue weighted by Crippen LogP contribution is -2.17. The second-order valence-electron chi connectivity index (χ2n) is 5.62. The minimum Gasteiger partial charge on any atom is -0.481 e. The molecular formula is C15H17NO3. The van der Waals surface area contributed by atoms with Crippen molar-refractivity contribution in [2.45, 2.75) is 31.7 Å². The molecule has 2 aliphatic rings. The van der Waals surface area contributed by atoms with E-state index in [1.807, 2.05) is 18.2 Å². The molecule has 1 unspecified atom stereocenters. The molecule has 100 valence electrons. The fourth-order valence-corrected chi connectivity index (χ4v) is 2.94. The highest BCUT2D eigenvalue weighted by Gasteiger charge is 2.35. The summed E-state index contributed by atoms with van der Waals surface area (Å²) in [5.41, 5.74) is 2.80. The number of hydrogen-bond acceptors (Lipinski definition) is 2. The molecule has 1 saturated carbocycles. The average Bonchev–Trinajstić information content (AvgIpc) is 3.15. The van der Waals surface area contributed by atoms with E-state index in [-0.39, 0.29) is 18.2 Å². The van der Waals surface area contributed by atoms with Gasteiger partial charge in [0.05, 0.1) is 6.42 Å². The summed E-state index contributed by atoms with van der Waals surface area (Å²) < 4.78 is 0. The highest BCUT2D eigenvalue weighted by Crippen LogP contribution is 2.45. The van der Waals surface area contributed by atoms with Crippen molar-refractivity contribution in [3.8, 4) is 0 Å². The van der Waals surface area contributed by atoms with Crippen molar-refractivity contribution in [1.82, 2.24) is 4.90 Å². The number of benzene rings is 1.